The topological polar surface area (TPSA) is 95.9 Å². The van der Waals surface area contributed by atoms with Gasteiger partial charge in [-0.3, -0.25) is 4.99 Å². The first-order valence-corrected chi connectivity index (χ1v) is 12.0. The third-order valence-corrected chi connectivity index (χ3v) is 7.03. The maximum atomic E-state index is 13.8. The van der Waals surface area contributed by atoms with E-state index >= 15 is 0 Å². The lowest BCUT2D eigenvalue weighted by atomic mass is 9.87. The van der Waals surface area contributed by atoms with Gasteiger partial charge in [0.25, 0.3) is 0 Å². The first-order chi connectivity index (χ1) is 16.4. The van der Waals surface area contributed by atoms with E-state index in [0.717, 1.165) is 19.1 Å². The second-order valence-electron chi connectivity index (χ2n) is 8.04. The molecular formula is C23H23ClF3N5OS. The number of aliphatic imine (C=N–C) groups is 2. The number of thiazole rings is 1. The lowest BCUT2D eigenvalue weighted by molar-refractivity contribution is 0.132. The summed E-state index contributed by atoms with van der Waals surface area (Å²) in [6, 6.07) is 3.16. The molecule has 6 nitrogen and oxygen atoms in total. The zero-order chi connectivity index (χ0) is 24.2. The summed E-state index contributed by atoms with van der Waals surface area (Å²) in [5.41, 5.74) is 7.69. The van der Waals surface area contributed by atoms with Crippen LogP contribution in [0.5, 0.6) is 0 Å². The smallest absolute Gasteiger partial charge is 0.331 e. The summed E-state index contributed by atoms with van der Waals surface area (Å²) in [6.45, 7) is -2.92. The maximum Gasteiger partial charge on any atom is 0.331 e. The molecular weight excluding hydrogens is 487 g/mol. The van der Waals surface area contributed by atoms with Gasteiger partial charge < -0.3 is 16.2 Å². The van der Waals surface area contributed by atoms with Gasteiger partial charge in [0.15, 0.2) is 10.8 Å². The summed E-state index contributed by atoms with van der Waals surface area (Å²) < 4.78 is 39.7. The predicted octanol–water partition coefficient (Wildman–Crippen LogP) is 4.97. The van der Waals surface area contributed by atoms with Crippen LogP contribution in [0.15, 0.2) is 62.8 Å². The van der Waals surface area contributed by atoms with E-state index in [9.17, 15) is 18.3 Å². The molecule has 1 aliphatic carbocycles. The third-order valence-electron chi connectivity index (χ3n) is 5.92. The molecule has 0 radical (unpaired) electrons. The zero-order valence-corrected chi connectivity index (χ0v) is 19.5. The Kier molecular flexibility index (Phi) is 7.70. The maximum absolute atomic E-state index is 13.8. The minimum Gasteiger partial charge on any atom is -0.404 e. The Bertz CT molecular complexity index is 1150. The number of rotatable bonds is 7. The summed E-state index contributed by atoms with van der Waals surface area (Å²) in [5.74, 6) is -0.0853. The van der Waals surface area contributed by atoms with Gasteiger partial charge in [-0.25, -0.2) is 14.4 Å². The Hall–Kier alpha value is -2.69. The zero-order valence-electron chi connectivity index (χ0n) is 18.0. The molecule has 1 aliphatic heterocycles. The predicted molar refractivity (Wildman–Crippen MR) is 128 cm³/mol. The van der Waals surface area contributed by atoms with Gasteiger partial charge in [0.2, 0.25) is 0 Å². The standard InChI is InChI=1S/C23H23ClF3N5OS/c24-16-9-14(25)4-5-15(16)20-19(13(10-28)11-30-23(26)27)17(8-12-2-1-3-18(12)33)31-21(32-20)22-29-6-7-34-22/h4-7,9-12,18,20,23,33H,1-3,8,28H2,(H,31,32)/t12?,18?,20-/m0/s1. The number of alkyl halides is 2. The number of nitrogens with two attached hydrogens (primary N) is 1. The number of nitrogens with zero attached hydrogens (tertiary/aromatic N) is 3. The molecule has 3 atom stereocenters. The van der Waals surface area contributed by atoms with Crippen LogP contribution in [-0.4, -0.2) is 34.8 Å². The van der Waals surface area contributed by atoms with Crippen LogP contribution in [-0.2, 0) is 0 Å². The van der Waals surface area contributed by atoms with Crippen LogP contribution in [0.4, 0.5) is 13.2 Å². The molecule has 2 aromatic rings. The highest BCUT2D eigenvalue weighted by Crippen LogP contribution is 2.41. The summed E-state index contributed by atoms with van der Waals surface area (Å²) >= 11 is 7.78. The van der Waals surface area contributed by atoms with Crippen molar-refractivity contribution in [1.82, 2.24) is 10.3 Å². The number of aliphatic hydroxyl groups is 1. The normalized spacial score (nSPS) is 23.6. The number of nitrogens with one attached hydrogen (secondary N) is 1. The molecule has 1 aromatic heterocycles. The number of benzene rings is 1. The summed E-state index contributed by atoms with van der Waals surface area (Å²) in [5, 5.41) is 16.3. The van der Waals surface area contributed by atoms with E-state index in [2.05, 4.69) is 15.3 Å². The van der Waals surface area contributed by atoms with Crippen molar-refractivity contribution in [1.29, 1.82) is 0 Å². The van der Waals surface area contributed by atoms with Gasteiger partial charge in [0.1, 0.15) is 11.9 Å². The first-order valence-electron chi connectivity index (χ1n) is 10.7. The van der Waals surface area contributed by atoms with E-state index in [1.165, 1.54) is 35.7 Å². The number of aliphatic hydroxyl groups excluding tert-OH is 1. The molecule has 2 aliphatic rings. The molecule has 1 aromatic carbocycles. The monoisotopic (exact) mass is 509 g/mol. The van der Waals surface area contributed by atoms with Crippen LogP contribution < -0.4 is 11.1 Å². The van der Waals surface area contributed by atoms with Crippen molar-refractivity contribution in [3.63, 3.8) is 0 Å². The number of aromatic nitrogens is 1. The highest BCUT2D eigenvalue weighted by Gasteiger charge is 2.34. The molecule has 11 heteroatoms. The molecule has 2 unspecified atom stereocenters. The lowest BCUT2D eigenvalue weighted by Crippen LogP contribution is -2.33. The van der Waals surface area contributed by atoms with Gasteiger partial charge in [-0.2, -0.15) is 8.78 Å². The summed E-state index contributed by atoms with van der Waals surface area (Å²) in [6.07, 6.45) is 6.18. The highest BCUT2D eigenvalue weighted by atomic mass is 35.5. The van der Waals surface area contributed by atoms with Crippen molar-refractivity contribution >= 4 is 35.0 Å². The molecule has 34 heavy (non-hydrogen) atoms. The summed E-state index contributed by atoms with van der Waals surface area (Å²) in [7, 11) is 0. The largest absolute Gasteiger partial charge is 0.404 e. The molecule has 0 saturated heterocycles. The molecule has 0 bridgehead atoms. The van der Waals surface area contributed by atoms with E-state index < -0.39 is 24.5 Å². The SMILES string of the molecule is NC=C(C=NC(F)F)C1=C(CC2CCCC2O)NC(c2nccs2)=N[C@H]1c1ccc(F)cc1Cl. The van der Waals surface area contributed by atoms with Crippen LogP contribution in [0.2, 0.25) is 5.02 Å². The summed E-state index contributed by atoms with van der Waals surface area (Å²) in [4.78, 5) is 12.3. The van der Waals surface area contributed by atoms with E-state index in [1.54, 1.807) is 11.6 Å². The quantitative estimate of drug-likeness (QED) is 0.363. The van der Waals surface area contributed by atoms with Crippen molar-refractivity contribution in [3.05, 3.63) is 74.2 Å². The average molecular weight is 510 g/mol. The second kappa shape index (κ2) is 10.7. The fourth-order valence-electron chi connectivity index (χ4n) is 4.35. The van der Waals surface area contributed by atoms with E-state index in [-0.39, 0.29) is 16.5 Å². The second-order valence-corrected chi connectivity index (χ2v) is 9.34. The number of halogens is 4. The molecule has 180 valence electrons. The van der Waals surface area contributed by atoms with Gasteiger partial charge in [0.05, 0.1) is 6.10 Å². The van der Waals surface area contributed by atoms with E-state index in [1.807, 2.05) is 0 Å². The Morgan fingerprint density at radius 3 is 2.82 bits per heavy atom. The van der Waals surface area contributed by atoms with Crippen LogP contribution >= 0.6 is 22.9 Å². The van der Waals surface area contributed by atoms with Crippen LogP contribution in [0, 0.1) is 11.7 Å². The van der Waals surface area contributed by atoms with Gasteiger partial charge in [-0.05, 0) is 42.9 Å². The van der Waals surface area contributed by atoms with Crippen LogP contribution in [0.1, 0.15) is 42.3 Å². The fraction of sp³-hybridized carbons (Fsp3) is 0.348. The molecule has 4 N–H and O–H groups in total. The first kappa shape index (κ1) is 24.4. The van der Waals surface area contributed by atoms with Gasteiger partial charge in [-0.15, -0.1) is 11.3 Å². The molecule has 0 amide bonds. The van der Waals surface area contributed by atoms with Crippen molar-refractivity contribution in [3.8, 4) is 0 Å². The molecule has 4 rings (SSSR count). The Morgan fingerprint density at radius 2 is 2.21 bits per heavy atom. The Morgan fingerprint density at radius 1 is 1.38 bits per heavy atom. The van der Waals surface area contributed by atoms with Gasteiger partial charge in [-0.1, -0.05) is 24.1 Å². The van der Waals surface area contributed by atoms with Crippen molar-refractivity contribution in [2.45, 2.75) is 44.4 Å². The van der Waals surface area contributed by atoms with Gasteiger partial charge >= 0.3 is 6.55 Å². The number of hydrogen-bond acceptors (Lipinski definition) is 7. The lowest BCUT2D eigenvalue weighted by Gasteiger charge is -2.31. The minimum absolute atomic E-state index is 0.0384. The van der Waals surface area contributed by atoms with Crippen molar-refractivity contribution in [2.75, 3.05) is 0 Å². The third kappa shape index (κ3) is 5.34. The molecule has 2 heterocycles. The van der Waals surface area contributed by atoms with E-state index in [4.69, 9.17) is 22.3 Å². The Balaban J connectivity index is 1.89. The number of allylic oxidation sites excluding steroid dienone is 1. The molecule has 1 fully saturated rings. The Labute approximate surface area is 203 Å². The fourth-order valence-corrected chi connectivity index (χ4v) is 5.21. The molecule has 1 saturated carbocycles. The molecule has 0 spiro atoms. The minimum atomic E-state index is -2.92. The highest BCUT2D eigenvalue weighted by molar-refractivity contribution is 7.11. The van der Waals surface area contributed by atoms with E-state index in [0.29, 0.717) is 40.5 Å². The van der Waals surface area contributed by atoms with Crippen LogP contribution in [0.25, 0.3) is 0 Å². The van der Waals surface area contributed by atoms with Crippen LogP contribution in [0.3, 0.4) is 0 Å². The number of amidine groups is 1. The average Bonchev–Trinajstić information content (AvgIpc) is 3.47. The van der Waals surface area contributed by atoms with Crippen molar-refractivity contribution in [2.24, 2.45) is 21.6 Å². The van der Waals surface area contributed by atoms with Crippen molar-refractivity contribution < 1.29 is 18.3 Å². The van der Waals surface area contributed by atoms with Gasteiger partial charge in [0, 0.05) is 45.9 Å². The number of hydrogen-bond donors (Lipinski definition) is 3.